The first-order valence-corrected chi connectivity index (χ1v) is 5.37. The van der Waals surface area contributed by atoms with Gasteiger partial charge in [-0.05, 0) is 13.8 Å². The van der Waals surface area contributed by atoms with Crippen LogP contribution in [0, 0.1) is 0 Å². The van der Waals surface area contributed by atoms with E-state index in [2.05, 4.69) is 9.97 Å². The first-order chi connectivity index (χ1) is 7.95. The van der Waals surface area contributed by atoms with Crippen LogP contribution in [0.3, 0.4) is 0 Å². The number of hydrogen-bond donors (Lipinski definition) is 2. The molecule has 3 N–H and O–H groups in total. The molecule has 0 unspecified atom stereocenters. The van der Waals surface area contributed by atoms with Gasteiger partial charge in [-0.2, -0.15) is 0 Å². The lowest BCUT2D eigenvalue weighted by atomic mass is 10.1. The summed E-state index contributed by atoms with van der Waals surface area (Å²) in [7, 11) is 3.21. The standard InChI is InChI=1S/C12H17N3O2/c1-12(2,13)11-14-7-5-9(16-3)10(17-4)6-8(7)15-11/h5-6H,13H2,1-4H3,(H,14,15). The molecule has 0 aliphatic heterocycles. The largest absolute Gasteiger partial charge is 0.493 e. The van der Waals surface area contributed by atoms with E-state index in [-0.39, 0.29) is 0 Å². The van der Waals surface area contributed by atoms with Gasteiger partial charge in [0, 0.05) is 12.1 Å². The summed E-state index contributed by atoms with van der Waals surface area (Å²) in [6, 6.07) is 3.69. The van der Waals surface area contributed by atoms with Crippen LogP contribution in [0.5, 0.6) is 11.5 Å². The molecule has 17 heavy (non-hydrogen) atoms. The Bertz CT molecular complexity index is 499. The SMILES string of the molecule is COc1cc2nc(C(C)(C)N)[nH]c2cc1OC. The Morgan fingerprint density at radius 2 is 1.76 bits per heavy atom. The monoisotopic (exact) mass is 235 g/mol. The topological polar surface area (TPSA) is 73.2 Å². The predicted octanol–water partition coefficient (Wildman–Crippen LogP) is 1.77. The molecule has 1 aromatic carbocycles. The van der Waals surface area contributed by atoms with E-state index in [9.17, 15) is 0 Å². The normalized spacial score (nSPS) is 11.8. The second-order valence-electron chi connectivity index (χ2n) is 4.53. The zero-order valence-electron chi connectivity index (χ0n) is 10.5. The van der Waals surface area contributed by atoms with Gasteiger partial charge in [0.25, 0.3) is 0 Å². The Kier molecular flexibility index (Phi) is 2.71. The van der Waals surface area contributed by atoms with E-state index in [0.717, 1.165) is 16.9 Å². The van der Waals surface area contributed by atoms with Gasteiger partial charge >= 0.3 is 0 Å². The second kappa shape index (κ2) is 3.92. The summed E-state index contributed by atoms with van der Waals surface area (Å²) >= 11 is 0. The van der Waals surface area contributed by atoms with Crippen LogP contribution in [0.2, 0.25) is 0 Å². The number of benzene rings is 1. The third-order valence-corrected chi connectivity index (χ3v) is 2.60. The zero-order chi connectivity index (χ0) is 12.6. The Balaban J connectivity index is 2.61. The minimum Gasteiger partial charge on any atom is -0.493 e. The summed E-state index contributed by atoms with van der Waals surface area (Å²) in [4.78, 5) is 7.64. The molecule has 0 fully saturated rings. The van der Waals surface area contributed by atoms with Gasteiger partial charge in [-0.1, -0.05) is 0 Å². The minimum atomic E-state index is -0.501. The molecule has 1 heterocycles. The summed E-state index contributed by atoms with van der Waals surface area (Å²) in [6.45, 7) is 3.80. The number of nitrogens with two attached hydrogens (primary N) is 1. The molecule has 5 nitrogen and oxygen atoms in total. The van der Waals surface area contributed by atoms with Gasteiger partial charge in [0.1, 0.15) is 5.82 Å². The number of nitrogens with one attached hydrogen (secondary N) is 1. The molecule has 2 aromatic rings. The van der Waals surface area contributed by atoms with Crippen molar-refractivity contribution in [3.8, 4) is 11.5 Å². The number of methoxy groups -OCH3 is 2. The lowest BCUT2D eigenvalue weighted by Gasteiger charge is -2.13. The van der Waals surface area contributed by atoms with Crippen molar-refractivity contribution in [2.24, 2.45) is 5.73 Å². The molecule has 0 atom stereocenters. The van der Waals surface area contributed by atoms with Gasteiger partial charge in [-0.3, -0.25) is 0 Å². The molecular formula is C12H17N3O2. The fourth-order valence-corrected chi connectivity index (χ4v) is 1.64. The van der Waals surface area contributed by atoms with Gasteiger partial charge < -0.3 is 20.2 Å². The molecule has 0 saturated heterocycles. The van der Waals surface area contributed by atoms with E-state index < -0.39 is 5.54 Å². The van der Waals surface area contributed by atoms with Gasteiger partial charge in [-0.25, -0.2) is 4.98 Å². The van der Waals surface area contributed by atoms with E-state index in [1.54, 1.807) is 14.2 Å². The lowest BCUT2D eigenvalue weighted by molar-refractivity contribution is 0.356. The van der Waals surface area contributed by atoms with Gasteiger partial charge in [0.2, 0.25) is 0 Å². The van der Waals surface area contributed by atoms with Crippen molar-refractivity contribution in [1.29, 1.82) is 0 Å². The summed E-state index contributed by atoms with van der Waals surface area (Å²) in [5.74, 6) is 2.07. The average molecular weight is 235 g/mol. The maximum atomic E-state index is 6.01. The van der Waals surface area contributed by atoms with Crippen LogP contribution in [0.15, 0.2) is 12.1 Å². The third kappa shape index (κ3) is 2.06. The number of imidazole rings is 1. The fraction of sp³-hybridized carbons (Fsp3) is 0.417. The highest BCUT2D eigenvalue weighted by atomic mass is 16.5. The molecule has 0 aliphatic carbocycles. The third-order valence-electron chi connectivity index (χ3n) is 2.60. The Hall–Kier alpha value is -1.75. The molecule has 2 rings (SSSR count). The van der Waals surface area contributed by atoms with E-state index in [1.165, 1.54) is 0 Å². The Morgan fingerprint density at radius 3 is 2.29 bits per heavy atom. The van der Waals surface area contributed by atoms with Crippen molar-refractivity contribution in [3.63, 3.8) is 0 Å². The molecule has 0 spiro atoms. The number of aromatic amines is 1. The van der Waals surface area contributed by atoms with Crippen molar-refractivity contribution < 1.29 is 9.47 Å². The number of ether oxygens (including phenoxy) is 2. The second-order valence-corrected chi connectivity index (χ2v) is 4.53. The molecule has 0 radical (unpaired) electrons. The lowest BCUT2D eigenvalue weighted by Crippen LogP contribution is -2.30. The van der Waals surface area contributed by atoms with Crippen LogP contribution in [0.1, 0.15) is 19.7 Å². The zero-order valence-corrected chi connectivity index (χ0v) is 10.5. The van der Waals surface area contributed by atoms with Crippen molar-refractivity contribution in [1.82, 2.24) is 9.97 Å². The van der Waals surface area contributed by atoms with Crippen LogP contribution in [0.25, 0.3) is 11.0 Å². The van der Waals surface area contributed by atoms with E-state index in [4.69, 9.17) is 15.2 Å². The average Bonchev–Trinajstić information content (AvgIpc) is 2.69. The molecule has 0 saturated carbocycles. The van der Waals surface area contributed by atoms with Gasteiger partial charge in [0.15, 0.2) is 11.5 Å². The Labute approximate surface area is 99.9 Å². The molecular weight excluding hydrogens is 218 g/mol. The molecule has 0 amide bonds. The number of nitrogens with zero attached hydrogens (tertiary/aromatic N) is 1. The number of fused-ring (bicyclic) bond motifs is 1. The predicted molar refractivity (Wildman–Crippen MR) is 66.4 cm³/mol. The van der Waals surface area contributed by atoms with Crippen LogP contribution in [-0.2, 0) is 5.54 Å². The van der Waals surface area contributed by atoms with Gasteiger partial charge in [-0.15, -0.1) is 0 Å². The highest BCUT2D eigenvalue weighted by Gasteiger charge is 2.19. The summed E-state index contributed by atoms with van der Waals surface area (Å²) in [5, 5.41) is 0. The first-order valence-electron chi connectivity index (χ1n) is 5.37. The number of H-pyrrole nitrogens is 1. The van der Waals surface area contributed by atoms with Crippen LogP contribution < -0.4 is 15.2 Å². The molecule has 0 aliphatic rings. The van der Waals surface area contributed by atoms with Crippen molar-refractivity contribution in [2.45, 2.75) is 19.4 Å². The van der Waals surface area contributed by atoms with E-state index in [1.807, 2.05) is 26.0 Å². The number of rotatable bonds is 3. The van der Waals surface area contributed by atoms with Crippen LogP contribution in [0.4, 0.5) is 0 Å². The molecule has 92 valence electrons. The fourth-order valence-electron chi connectivity index (χ4n) is 1.64. The van der Waals surface area contributed by atoms with Crippen molar-refractivity contribution in [2.75, 3.05) is 14.2 Å². The van der Waals surface area contributed by atoms with Crippen molar-refractivity contribution >= 4 is 11.0 Å². The molecule has 0 bridgehead atoms. The maximum absolute atomic E-state index is 6.01. The van der Waals surface area contributed by atoms with Gasteiger partial charge in [0.05, 0.1) is 30.8 Å². The quantitative estimate of drug-likeness (QED) is 0.850. The summed E-state index contributed by atoms with van der Waals surface area (Å²) in [5.41, 5.74) is 7.21. The smallest absolute Gasteiger partial charge is 0.163 e. The van der Waals surface area contributed by atoms with Crippen LogP contribution >= 0.6 is 0 Å². The highest BCUT2D eigenvalue weighted by molar-refractivity contribution is 5.80. The number of hydrogen-bond acceptors (Lipinski definition) is 4. The Morgan fingerprint density at radius 1 is 1.18 bits per heavy atom. The highest BCUT2D eigenvalue weighted by Crippen LogP contribution is 2.31. The van der Waals surface area contributed by atoms with E-state index in [0.29, 0.717) is 11.5 Å². The molecule has 5 heteroatoms. The van der Waals surface area contributed by atoms with Crippen molar-refractivity contribution in [3.05, 3.63) is 18.0 Å². The maximum Gasteiger partial charge on any atom is 0.163 e. The minimum absolute atomic E-state index is 0.501. The summed E-state index contributed by atoms with van der Waals surface area (Å²) < 4.78 is 10.5. The summed E-state index contributed by atoms with van der Waals surface area (Å²) in [6.07, 6.45) is 0. The number of aromatic nitrogens is 2. The van der Waals surface area contributed by atoms with E-state index >= 15 is 0 Å². The van der Waals surface area contributed by atoms with Crippen LogP contribution in [-0.4, -0.2) is 24.2 Å². The molecule has 1 aromatic heterocycles. The first kappa shape index (κ1) is 11.7.